The van der Waals surface area contributed by atoms with Gasteiger partial charge in [0.2, 0.25) is 5.91 Å². The smallest absolute Gasteiger partial charge is 0.234 e. The lowest BCUT2D eigenvalue weighted by molar-refractivity contribution is -0.117. The molecular formula is C21H27N5O. The lowest BCUT2D eigenvalue weighted by Crippen LogP contribution is -2.44. The van der Waals surface area contributed by atoms with E-state index in [1.54, 1.807) is 0 Å². The normalized spacial score (nSPS) is 22.3. The second kappa shape index (κ2) is 7.19. The van der Waals surface area contributed by atoms with Crippen LogP contribution in [0, 0.1) is 6.92 Å². The number of amides is 1. The third-order valence-electron chi connectivity index (χ3n) is 5.62. The van der Waals surface area contributed by atoms with Crippen LogP contribution < -0.4 is 15.5 Å². The molecule has 1 amide bonds. The van der Waals surface area contributed by atoms with E-state index < -0.39 is 0 Å². The van der Waals surface area contributed by atoms with Crippen molar-refractivity contribution >= 4 is 23.1 Å². The number of nitrogens with one attached hydrogen (secondary N) is 2. The third-order valence-corrected chi connectivity index (χ3v) is 5.62. The molecule has 2 unspecified atom stereocenters. The largest absolute Gasteiger partial charge is 0.381 e. The number of anilines is 3. The van der Waals surface area contributed by atoms with Crippen LogP contribution in [0.2, 0.25) is 0 Å². The van der Waals surface area contributed by atoms with E-state index in [1.807, 2.05) is 50.2 Å². The first-order valence-electron chi connectivity index (χ1n) is 9.60. The first-order valence-corrected chi connectivity index (χ1v) is 9.60. The number of para-hydroxylation sites is 1. The summed E-state index contributed by atoms with van der Waals surface area (Å²) in [5, 5.41) is 6.49. The lowest BCUT2D eigenvalue weighted by Gasteiger charge is -2.33. The molecule has 2 aliphatic heterocycles. The van der Waals surface area contributed by atoms with E-state index in [-0.39, 0.29) is 17.9 Å². The number of likely N-dealkylation sites (N-methyl/N-ethyl adjacent to an activating group) is 1. The molecule has 2 aliphatic rings. The molecule has 27 heavy (non-hydrogen) atoms. The van der Waals surface area contributed by atoms with Gasteiger partial charge in [0.1, 0.15) is 5.82 Å². The Hall–Kier alpha value is -2.60. The molecule has 3 heterocycles. The highest BCUT2D eigenvalue weighted by molar-refractivity contribution is 5.99. The van der Waals surface area contributed by atoms with Crippen LogP contribution >= 0.6 is 0 Å². The predicted octanol–water partition coefficient (Wildman–Crippen LogP) is 2.68. The number of aryl methyl sites for hydroxylation is 1. The molecule has 2 atom stereocenters. The third kappa shape index (κ3) is 3.49. The molecule has 0 bridgehead atoms. The van der Waals surface area contributed by atoms with Crippen LogP contribution in [-0.4, -0.2) is 55.1 Å². The van der Waals surface area contributed by atoms with Crippen LogP contribution in [-0.2, 0) is 4.79 Å². The maximum Gasteiger partial charge on any atom is 0.234 e. The van der Waals surface area contributed by atoms with Crippen molar-refractivity contribution < 1.29 is 4.79 Å². The lowest BCUT2D eigenvalue weighted by atomic mass is 9.95. The number of benzene rings is 1. The Kier molecular flexibility index (Phi) is 4.74. The molecule has 1 fully saturated rings. The highest BCUT2D eigenvalue weighted by Crippen LogP contribution is 2.36. The zero-order chi connectivity index (χ0) is 19.0. The second-order valence-corrected chi connectivity index (χ2v) is 7.58. The van der Waals surface area contributed by atoms with Crippen LogP contribution in [0.5, 0.6) is 0 Å². The topological polar surface area (TPSA) is 60.5 Å². The summed E-state index contributed by atoms with van der Waals surface area (Å²) < 4.78 is 0. The Morgan fingerprint density at radius 3 is 2.63 bits per heavy atom. The molecule has 142 valence electrons. The fraction of sp³-hybridized carbons (Fsp3) is 0.429. The quantitative estimate of drug-likeness (QED) is 0.876. The average molecular weight is 365 g/mol. The number of hydrogen-bond acceptors (Lipinski definition) is 5. The zero-order valence-electron chi connectivity index (χ0n) is 16.2. The number of carbonyl (C=O) groups excluding carboxylic acids is 1. The molecule has 6 heteroatoms. The SMILES string of the molecule is Cc1nc(N2CCN(C)CC2)ccc1NC(=O)C1c2ccccc2NC1C. The van der Waals surface area contributed by atoms with Crippen molar-refractivity contribution in [1.82, 2.24) is 9.88 Å². The van der Waals surface area contributed by atoms with Gasteiger partial charge in [-0.1, -0.05) is 18.2 Å². The molecular weight excluding hydrogens is 338 g/mol. The second-order valence-electron chi connectivity index (χ2n) is 7.58. The van der Waals surface area contributed by atoms with E-state index in [2.05, 4.69) is 27.5 Å². The van der Waals surface area contributed by atoms with Crippen LogP contribution in [0.15, 0.2) is 36.4 Å². The number of nitrogens with zero attached hydrogens (tertiary/aromatic N) is 3. The molecule has 1 saturated heterocycles. The van der Waals surface area contributed by atoms with Gasteiger partial charge in [0.25, 0.3) is 0 Å². The summed E-state index contributed by atoms with van der Waals surface area (Å²) >= 11 is 0. The van der Waals surface area contributed by atoms with E-state index in [0.717, 1.165) is 54.6 Å². The van der Waals surface area contributed by atoms with E-state index >= 15 is 0 Å². The molecule has 0 spiro atoms. The van der Waals surface area contributed by atoms with Gasteiger partial charge in [-0.2, -0.15) is 0 Å². The molecule has 4 rings (SSSR count). The molecule has 6 nitrogen and oxygen atoms in total. The average Bonchev–Trinajstić information content (AvgIpc) is 3.00. The Balaban J connectivity index is 1.49. The van der Waals surface area contributed by atoms with E-state index in [1.165, 1.54) is 0 Å². The van der Waals surface area contributed by atoms with Gasteiger partial charge in [0.15, 0.2) is 0 Å². The van der Waals surface area contributed by atoms with Crippen LogP contribution in [0.4, 0.5) is 17.2 Å². The number of fused-ring (bicyclic) bond motifs is 1. The summed E-state index contributed by atoms with van der Waals surface area (Å²) in [6, 6.07) is 12.1. The molecule has 0 radical (unpaired) electrons. The molecule has 2 N–H and O–H groups in total. The van der Waals surface area contributed by atoms with Crippen LogP contribution in [0.25, 0.3) is 0 Å². The summed E-state index contributed by atoms with van der Waals surface area (Å²) in [6.07, 6.45) is 0. The maximum absolute atomic E-state index is 13.0. The summed E-state index contributed by atoms with van der Waals surface area (Å²) in [5.74, 6) is 0.801. The molecule has 1 aromatic carbocycles. The van der Waals surface area contributed by atoms with Gasteiger partial charge in [0.05, 0.1) is 17.3 Å². The Morgan fingerprint density at radius 1 is 1.15 bits per heavy atom. The van der Waals surface area contributed by atoms with Gasteiger partial charge in [-0.05, 0) is 44.7 Å². The fourth-order valence-corrected chi connectivity index (χ4v) is 3.97. The van der Waals surface area contributed by atoms with Crippen molar-refractivity contribution in [3.05, 3.63) is 47.7 Å². The standard InChI is InChI=1S/C21H27N5O/c1-14-17(8-9-19(23-14)26-12-10-25(3)11-13-26)24-21(27)20-15(2)22-18-7-5-4-6-16(18)20/h4-9,15,20,22H,10-13H2,1-3H3,(H,24,27). The van der Waals surface area contributed by atoms with E-state index in [9.17, 15) is 4.79 Å². The maximum atomic E-state index is 13.0. The number of pyridine rings is 1. The molecule has 0 aliphatic carbocycles. The van der Waals surface area contributed by atoms with Gasteiger partial charge in [0, 0.05) is 37.9 Å². The Labute approximate surface area is 160 Å². The summed E-state index contributed by atoms with van der Waals surface area (Å²) in [5.41, 5.74) is 3.74. The fourth-order valence-electron chi connectivity index (χ4n) is 3.97. The van der Waals surface area contributed by atoms with E-state index in [0.29, 0.717) is 0 Å². The first kappa shape index (κ1) is 17.8. The Bertz CT molecular complexity index is 844. The van der Waals surface area contributed by atoms with Gasteiger partial charge >= 0.3 is 0 Å². The Morgan fingerprint density at radius 2 is 1.89 bits per heavy atom. The monoisotopic (exact) mass is 365 g/mol. The van der Waals surface area contributed by atoms with Gasteiger partial charge < -0.3 is 20.4 Å². The van der Waals surface area contributed by atoms with Crippen molar-refractivity contribution in [2.75, 3.05) is 48.8 Å². The van der Waals surface area contributed by atoms with Gasteiger partial charge in [-0.3, -0.25) is 4.79 Å². The number of piperazine rings is 1. The van der Waals surface area contributed by atoms with Crippen LogP contribution in [0.1, 0.15) is 24.1 Å². The van der Waals surface area contributed by atoms with Crippen molar-refractivity contribution in [1.29, 1.82) is 0 Å². The zero-order valence-corrected chi connectivity index (χ0v) is 16.2. The predicted molar refractivity (Wildman–Crippen MR) is 110 cm³/mol. The number of rotatable bonds is 3. The van der Waals surface area contributed by atoms with Crippen molar-refractivity contribution in [3.63, 3.8) is 0 Å². The molecule has 1 aromatic heterocycles. The summed E-state index contributed by atoms with van der Waals surface area (Å²) in [6.45, 7) is 8.06. The molecule has 2 aromatic rings. The number of aromatic nitrogens is 1. The minimum atomic E-state index is -0.196. The van der Waals surface area contributed by atoms with E-state index in [4.69, 9.17) is 4.98 Å². The highest BCUT2D eigenvalue weighted by Gasteiger charge is 2.34. The minimum absolute atomic E-state index is 0.0113. The van der Waals surface area contributed by atoms with Crippen molar-refractivity contribution in [3.8, 4) is 0 Å². The van der Waals surface area contributed by atoms with Gasteiger partial charge in [-0.25, -0.2) is 4.98 Å². The van der Waals surface area contributed by atoms with Crippen molar-refractivity contribution in [2.24, 2.45) is 0 Å². The number of hydrogen-bond donors (Lipinski definition) is 2. The van der Waals surface area contributed by atoms with Gasteiger partial charge in [-0.15, -0.1) is 0 Å². The number of carbonyl (C=O) groups is 1. The molecule has 0 saturated carbocycles. The minimum Gasteiger partial charge on any atom is -0.381 e. The summed E-state index contributed by atoms with van der Waals surface area (Å²) in [4.78, 5) is 22.3. The first-order chi connectivity index (χ1) is 13.0. The van der Waals surface area contributed by atoms with Crippen LogP contribution in [0.3, 0.4) is 0 Å². The summed E-state index contributed by atoms with van der Waals surface area (Å²) in [7, 11) is 2.14. The highest BCUT2D eigenvalue weighted by atomic mass is 16.2. The van der Waals surface area contributed by atoms with Crippen molar-refractivity contribution in [2.45, 2.75) is 25.8 Å².